The molecule has 1 aliphatic rings. The van der Waals surface area contributed by atoms with Crippen LogP contribution in [0.5, 0.6) is 0 Å². The maximum absolute atomic E-state index is 12.2. The second-order valence-corrected chi connectivity index (χ2v) is 5.68. The van der Waals surface area contributed by atoms with Crippen molar-refractivity contribution < 1.29 is 4.79 Å². The molecule has 6 heteroatoms. The molecule has 2 rings (SSSR count). The van der Waals surface area contributed by atoms with Gasteiger partial charge in [0.1, 0.15) is 6.04 Å². The van der Waals surface area contributed by atoms with E-state index >= 15 is 0 Å². The van der Waals surface area contributed by atoms with Gasteiger partial charge in [0.2, 0.25) is 5.91 Å². The van der Waals surface area contributed by atoms with Gasteiger partial charge >= 0.3 is 0 Å². The highest BCUT2D eigenvalue weighted by Crippen LogP contribution is 2.19. The molecular formula is C14H25N5O. The molecule has 2 atom stereocenters. The zero-order chi connectivity index (χ0) is 14.5. The monoisotopic (exact) mass is 279 g/mol. The Bertz CT molecular complexity index is 439. The first kappa shape index (κ1) is 15.0. The van der Waals surface area contributed by atoms with E-state index in [1.54, 1.807) is 10.9 Å². The van der Waals surface area contributed by atoms with Gasteiger partial charge in [0, 0.05) is 6.04 Å². The van der Waals surface area contributed by atoms with E-state index in [1.807, 2.05) is 6.92 Å². The molecule has 1 heterocycles. The number of rotatable bonds is 6. The summed E-state index contributed by atoms with van der Waals surface area (Å²) in [5.41, 5.74) is 6.77. The lowest BCUT2D eigenvalue weighted by molar-refractivity contribution is -0.124. The van der Waals surface area contributed by atoms with Crippen molar-refractivity contribution in [3.8, 4) is 0 Å². The smallest absolute Gasteiger partial charge is 0.244 e. The minimum atomic E-state index is -0.342. The highest BCUT2D eigenvalue weighted by Gasteiger charge is 2.23. The Hall–Kier alpha value is -1.43. The molecule has 0 aromatic carbocycles. The van der Waals surface area contributed by atoms with Crippen LogP contribution in [-0.2, 0) is 4.79 Å². The highest BCUT2D eigenvalue weighted by atomic mass is 16.2. The van der Waals surface area contributed by atoms with Gasteiger partial charge in [-0.25, -0.2) is 4.68 Å². The van der Waals surface area contributed by atoms with Crippen molar-refractivity contribution in [3.63, 3.8) is 0 Å². The molecule has 0 bridgehead atoms. The predicted molar refractivity (Wildman–Crippen MR) is 77.0 cm³/mol. The number of amides is 1. The summed E-state index contributed by atoms with van der Waals surface area (Å²) in [5, 5.41) is 11.2. The molecule has 1 amide bonds. The van der Waals surface area contributed by atoms with Crippen molar-refractivity contribution in [2.24, 2.45) is 5.73 Å². The minimum absolute atomic E-state index is 0.0115. The molecule has 20 heavy (non-hydrogen) atoms. The molecule has 6 nitrogen and oxygen atoms in total. The number of aromatic nitrogens is 3. The molecule has 0 radical (unpaired) electrons. The van der Waals surface area contributed by atoms with E-state index in [0.29, 0.717) is 6.04 Å². The van der Waals surface area contributed by atoms with Crippen LogP contribution in [0.3, 0.4) is 0 Å². The zero-order valence-electron chi connectivity index (χ0n) is 12.4. The molecule has 0 saturated heterocycles. The van der Waals surface area contributed by atoms with Crippen LogP contribution in [0.1, 0.15) is 70.2 Å². The van der Waals surface area contributed by atoms with Gasteiger partial charge in [-0.15, -0.1) is 5.10 Å². The van der Waals surface area contributed by atoms with Crippen molar-refractivity contribution in [2.45, 2.75) is 70.5 Å². The summed E-state index contributed by atoms with van der Waals surface area (Å²) in [6.07, 6.45) is 8.26. The first-order chi connectivity index (χ1) is 9.61. The van der Waals surface area contributed by atoms with E-state index in [2.05, 4.69) is 22.6 Å². The van der Waals surface area contributed by atoms with Gasteiger partial charge in [-0.2, -0.15) is 0 Å². The average Bonchev–Trinajstić information content (AvgIpc) is 3.09. The van der Waals surface area contributed by atoms with Crippen LogP contribution in [0.25, 0.3) is 0 Å². The second-order valence-electron chi connectivity index (χ2n) is 5.68. The summed E-state index contributed by atoms with van der Waals surface area (Å²) in [6, 6.07) is -0.111. The number of hydrogen-bond acceptors (Lipinski definition) is 4. The number of nitrogens with zero attached hydrogens (tertiary/aromatic N) is 3. The van der Waals surface area contributed by atoms with Crippen molar-refractivity contribution in [1.82, 2.24) is 20.3 Å². The summed E-state index contributed by atoms with van der Waals surface area (Å²) in [4.78, 5) is 12.2. The topological polar surface area (TPSA) is 85.8 Å². The van der Waals surface area contributed by atoms with E-state index < -0.39 is 0 Å². The number of nitrogens with one attached hydrogen (secondary N) is 1. The van der Waals surface area contributed by atoms with Crippen LogP contribution in [0.4, 0.5) is 0 Å². The third kappa shape index (κ3) is 3.56. The molecular weight excluding hydrogens is 254 g/mol. The lowest BCUT2D eigenvalue weighted by atomic mass is 10.1. The van der Waals surface area contributed by atoms with Crippen LogP contribution in [0.2, 0.25) is 0 Å². The fourth-order valence-corrected chi connectivity index (χ4v) is 2.62. The summed E-state index contributed by atoms with van der Waals surface area (Å²) in [5.74, 6) is 0.0115. The summed E-state index contributed by atoms with van der Waals surface area (Å²) in [6.45, 7) is 3.93. The third-order valence-corrected chi connectivity index (χ3v) is 3.99. The lowest BCUT2D eigenvalue weighted by Gasteiger charge is -2.16. The molecule has 3 N–H and O–H groups in total. The standard InChI is InChI=1S/C14H25N5O/c1-3-6-12(15)13-9-19(18-17-13)10(2)14(20)16-11-7-4-5-8-11/h9-12H,3-8,15H2,1-2H3,(H,16,20). The molecule has 1 aromatic rings. The summed E-state index contributed by atoms with van der Waals surface area (Å²) in [7, 11) is 0. The second kappa shape index (κ2) is 6.83. The Morgan fingerprint density at radius 2 is 2.25 bits per heavy atom. The Morgan fingerprint density at radius 1 is 1.55 bits per heavy atom. The average molecular weight is 279 g/mol. The lowest BCUT2D eigenvalue weighted by Crippen LogP contribution is -2.37. The van der Waals surface area contributed by atoms with Gasteiger partial charge in [0.05, 0.1) is 17.9 Å². The molecule has 1 saturated carbocycles. The summed E-state index contributed by atoms with van der Waals surface area (Å²) < 4.78 is 1.61. The molecule has 1 aromatic heterocycles. The molecule has 1 fully saturated rings. The highest BCUT2D eigenvalue weighted by molar-refractivity contribution is 5.80. The zero-order valence-corrected chi connectivity index (χ0v) is 12.4. The van der Waals surface area contributed by atoms with Crippen LogP contribution in [0.15, 0.2) is 6.20 Å². The Kier molecular flexibility index (Phi) is 5.11. The maximum Gasteiger partial charge on any atom is 0.244 e. The SMILES string of the molecule is CCCC(N)c1cn(C(C)C(=O)NC2CCCC2)nn1. The largest absolute Gasteiger partial charge is 0.352 e. The molecule has 0 aliphatic heterocycles. The van der Waals surface area contributed by atoms with Gasteiger partial charge in [0.25, 0.3) is 0 Å². The minimum Gasteiger partial charge on any atom is -0.352 e. The van der Waals surface area contributed by atoms with Crippen molar-refractivity contribution in [2.75, 3.05) is 0 Å². The number of carbonyl (C=O) groups is 1. The Labute approximate surface area is 120 Å². The molecule has 2 unspecified atom stereocenters. The van der Waals surface area contributed by atoms with Crippen LogP contribution < -0.4 is 11.1 Å². The van der Waals surface area contributed by atoms with Gasteiger partial charge in [-0.05, 0) is 26.2 Å². The van der Waals surface area contributed by atoms with Gasteiger partial charge < -0.3 is 11.1 Å². The number of hydrogen-bond donors (Lipinski definition) is 2. The van der Waals surface area contributed by atoms with Crippen LogP contribution >= 0.6 is 0 Å². The Morgan fingerprint density at radius 3 is 2.90 bits per heavy atom. The molecule has 1 aliphatic carbocycles. The fraction of sp³-hybridized carbons (Fsp3) is 0.786. The van der Waals surface area contributed by atoms with E-state index in [9.17, 15) is 4.79 Å². The molecule has 112 valence electrons. The fourth-order valence-electron chi connectivity index (χ4n) is 2.62. The van der Waals surface area contributed by atoms with Gasteiger partial charge in [-0.3, -0.25) is 4.79 Å². The van der Waals surface area contributed by atoms with Crippen LogP contribution in [-0.4, -0.2) is 26.9 Å². The van der Waals surface area contributed by atoms with Gasteiger partial charge in [-0.1, -0.05) is 31.4 Å². The number of nitrogens with two attached hydrogens (primary N) is 1. The van der Waals surface area contributed by atoms with Crippen molar-refractivity contribution in [1.29, 1.82) is 0 Å². The quantitative estimate of drug-likeness (QED) is 0.830. The van der Waals surface area contributed by atoms with E-state index in [1.165, 1.54) is 12.8 Å². The van der Waals surface area contributed by atoms with E-state index in [-0.39, 0.29) is 18.0 Å². The molecule has 0 spiro atoms. The maximum atomic E-state index is 12.2. The first-order valence-corrected chi connectivity index (χ1v) is 7.59. The van der Waals surface area contributed by atoms with Crippen molar-refractivity contribution in [3.05, 3.63) is 11.9 Å². The number of carbonyl (C=O) groups excluding carboxylic acids is 1. The Balaban J connectivity index is 1.94. The first-order valence-electron chi connectivity index (χ1n) is 7.59. The van der Waals surface area contributed by atoms with Gasteiger partial charge in [0.15, 0.2) is 0 Å². The predicted octanol–water partition coefficient (Wildman–Crippen LogP) is 1.70. The third-order valence-electron chi connectivity index (χ3n) is 3.99. The normalized spacial score (nSPS) is 18.9. The van der Waals surface area contributed by atoms with Crippen molar-refractivity contribution >= 4 is 5.91 Å². The van der Waals surface area contributed by atoms with E-state index in [0.717, 1.165) is 31.4 Å². The summed E-state index contributed by atoms with van der Waals surface area (Å²) >= 11 is 0. The van der Waals surface area contributed by atoms with Crippen LogP contribution in [0, 0.1) is 0 Å². The van der Waals surface area contributed by atoms with E-state index in [4.69, 9.17) is 5.73 Å².